The Bertz CT molecular complexity index is 7870. The minimum absolute atomic E-state index is 0.173. The maximum atomic E-state index is 12.0. The van der Waals surface area contributed by atoms with Crippen LogP contribution < -0.4 is 36.6 Å². The van der Waals surface area contributed by atoms with Crippen LogP contribution in [0.1, 0.15) is 58.3 Å². The zero-order valence-electron chi connectivity index (χ0n) is 71.3. The smallest absolute Gasteiger partial charge is 0.413 e. The zero-order chi connectivity index (χ0) is 96.1. The Morgan fingerprint density at radius 2 is 0.649 bits per heavy atom. The molecule has 6 aromatic heterocycles. The van der Waals surface area contributed by atoms with Crippen molar-refractivity contribution in [1.82, 2.24) is 39.9 Å². The van der Waals surface area contributed by atoms with Crippen LogP contribution in [0.2, 0.25) is 5.15 Å². The highest BCUT2D eigenvalue weighted by atomic mass is 36.0. The number of halogens is 4. The number of rotatable bonds is 12. The molecular weight excluding hydrogens is 1770 g/mol. The van der Waals surface area contributed by atoms with Gasteiger partial charge in [-0.15, -0.1) is 6.42 Å². The highest BCUT2D eigenvalue weighted by Crippen LogP contribution is 2.61. The van der Waals surface area contributed by atoms with Gasteiger partial charge < -0.3 is 35.7 Å². The number of amides is 2. The van der Waals surface area contributed by atoms with E-state index >= 15 is 0 Å². The third kappa shape index (κ3) is 50.2. The summed E-state index contributed by atoms with van der Waals surface area (Å²) in [5.41, 5.74) is 2.15. The van der Waals surface area contributed by atoms with E-state index in [2.05, 4.69) is 473 Å². The number of nitrogens with zero attached hydrogens (tertiary/aromatic N) is 9. The molecule has 0 saturated heterocycles. The van der Waals surface area contributed by atoms with Crippen molar-refractivity contribution in [2.45, 2.75) is 70.4 Å². The number of pyridine rings is 4. The molecule has 0 atom stereocenters. The number of aromatic nitrogens is 8. The molecule has 2 saturated carbocycles. The van der Waals surface area contributed by atoms with E-state index in [1.807, 2.05) is 36.4 Å². The summed E-state index contributed by atoms with van der Waals surface area (Å²) in [4.78, 5) is 70.8. The number of methoxy groups -OCH3 is 2. The number of anilines is 6. The van der Waals surface area contributed by atoms with Crippen LogP contribution in [0.5, 0.6) is 0 Å². The van der Waals surface area contributed by atoms with Crippen molar-refractivity contribution in [2.24, 2.45) is 11.8 Å². The first-order chi connectivity index (χ1) is 65.5. The van der Waals surface area contributed by atoms with Gasteiger partial charge in [0, 0.05) is 335 Å². The number of carbonyl (C=O) groups excluding carboxylic acids is 2. The van der Waals surface area contributed by atoms with Crippen LogP contribution in [0.15, 0.2) is 78.4 Å². The highest BCUT2D eigenvalue weighted by Gasteiger charge is 2.24. The number of hydrogen-bond acceptors (Lipinski definition) is 17. The van der Waals surface area contributed by atoms with Gasteiger partial charge in [0.25, 0.3) is 5.56 Å². The van der Waals surface area contributed by atoms with Gasteiger partial charge in [-0.05, 0) is 235 Å². The Balaban J connectivity index is 0.000000378. The normalized spacial score (nSPS) is 11.0. The van der Waals surface area contributed by atoms with E-state index in [0.717, 1.165) is 92.4 Å². The number of carbonyl (C=O) groups is 2. The van der Waals surface area contributed by atoms with E-state index in [4.69, 9.17) is 22.8 Å². The lowest BCUT2D eigenvalue weighted by molar-refractivity contribution is 0.179. The first-order valence-electron chi connectivity index (χ1n) is 38.2. The molecule has 8 rings (SSSR count). The lowest BCUT2D eigenvalue weighted by atomic mass is 9.86. The average molecular weight is 1830 g/mol. The van der Waals surface area contributed by atoms with Crippen molar-refractivity contribution in [2.75, 3.05) is 72.5 Å². The molecule has 0 aromatic carbocycles. The third-order valence-electron chi connectivity index (χ3n) is 15.6. The summed E-state index contributed by atoms with van der Waals surface area (Å²) in [6.45, 7) is 3.29. The van der Waals surface area contributed by atoms with Crippen molar-refractivity contribution in [3.8, 4) is 379 Å². The molecule has 2 aliphatic rings. The van der Waals surface area contributed by atoms with Gasteiger partial charge in [0.2, 0.25) is 11.9 Å². The first-order valence-corrected chi connectivity index (χ1v) is 43.0. The van der Waals surface area contributed by atoms with E-state index < -0.39 is 17.4 Å². The summed E-state index contributed by atoms with van der Waals surface area (Å²) in [6.07, 6.45) is 22.3. The number of hydrogen-bond donors (Lipinski definition) is 5. The molecule has 0 radical (unpaired) electrons. The van der Waals surface area contributed by atoms with Crippen LogP contribution in [0, 0.1) is 391 Å². The molecule has 0 bridgehead atoms. The van der Waals surface area contributed by atoms with Crippen molar-refractivity contribution in [3.05, 3.63) is 89.1 Å². The standard InChI is InChI=1S/C65H4.C22H26ClN7O2.C22H27N7O3.Cl3OP/c1-3-5-7-9-11-13-15-17-19-21-23-25-27-29-31-33-35-37-39-41-43-45-47-49-51-53-55-57-59-61-63-65-64-62-60-58-56-54-52-50-48-46-44-42-40-38-36-34-32-30-28-26-24-22-20-18-16-14-12-10-8-6-4-2;1-30(22(31)32-2)17-12-26-21(27-13-17)25-11-14-3-6-16(7-4-14)28-18-8-5-15-9-10-24-20(23)19(15)29-18;1-29(22(31)32-2)17-12-25-21(26-13-17)24-11-14-3-6-16(7-4-14)27-18-8-5-15-9-10-23-20(30)19(15)28-18;1-5(2,3)4/h1H,2H3;5,8-10,12-14,16H,3-4,6-7,11H2,1-2H3,(H,28,29)(H,25,26,27);5,8-10,12-14,16H,3-4,6-7,11H2,1-2H3,(H,23,30)(H,27,28)(H,24,25,26);. The molecule has 20 nitrogen and oxygen atoms in total. The highest BCUT2D eigenvalue weighted by molar-refractivity contribution is 8.24. The van der Waals surface area contributed by atoms with E-state index in [0.29, 0.717) is 57.9 Å². The molecule has 2 aliphatic carbocycles. The second-order valence-corrected chi connectivity index (χ2v) is 31.3. The quantitative estimate of drug-likeness (QED) is 0.0434. The fourth-order valence-electron chi connectivity index (χ4n) is 9.75. The SMILES string of the molecule is C#CC#CC#CC#CC#CC#CC#CC#CC#CC#CC#CC#CC#CC#CC#CC#CC#CC#CC#CC#CC#CC#CC#CC#CC#CC#CC#CC#CC#CC#CC#CC#CC.COC(=O)N(C)c1cnc(NCC2CCC(Nc3ccc4cc[nH]c(=O)c4n3)CC2)nc1.COC(=O)N(C)c1cnc(NCC2CCC(Nc3ccc4ccnc(Cl)c4n3)CC2)nc1.O=P(Cl)(Cl)Cl. The summed E-state index contributed by atoms with van der Waals surface area (Å²) in [7, 11) is 5.89. The van der Waals surface area contributed by atoms with E-state index in [-0.39, 0.29) is 5.56 Å². The third-order valence-corrected chi connectivity index (χ3v) is 15.8. The number of aromatic amines is 1. The molecule has 0 unspecified atom stereocenters. The Kier molecular flexibility index (Phi) is 52.8. The van der Waals surface area contributed by atoms with Crippen LogP contribution >= 0.6 is 50.5 Å². The maximum Gasteiger partial charge on any atom is 0.413 e. The monoisotopic (exact) mass is 1830 g/mol. The molecule has 5 N–H and O–H groups in total. The number of nitrogens with one attached hydrogen (secondary N) is 5. The molecule has 134 heavy (non-hydrogen) atoms. The molecule has 2 amide bonds. The van der Waals surface area contributed by atoms with Gasteiger partial charge in [-0.3, -0.25) is 19.2 Å². The van der Waals surface area contributed by atoms with Gasteiger partial charge in [0.15, 0.2) is 5.15 Å². The predicted octanol–water partition coefficient (Wildman–Crippen LogP) is 10.9. The number of fused-ring (bicyclic) bond motifs is 2. The molecule has 0 aliphatic heterocycles. The van der Waals surface area contributed by atoms with Crippen LogP contribution in [-0.2, 0) is 14.0 Å². The molecule has 0 spiro atoms. The molecular formula is C109H57Cl4N14O6P. The van der Waals surface area contributed by atoms with Crippen molar-refractivity contribution in [1.29, 1.82) is 0 Å². The van der Waals surface area contributed by atoms with Crippen LogP contribution in [0.25, 0.3) is 21.8 Å². The molecule has 632 valence electrons. The number of H-pyrrole nitrogens is 1. The zero-order valence-corrected chi connectivity index (χ0v) is 75.2. The van der Waals surface area contributed by atoms with Gasteiger partial charge >= 0.3 is 17.4 Å². The van der Waals surface area contributed by atoms with Crippen LogP contribution in [-0.4, -0.2) is 106 Å². The van der Waals surface area contributed by atoms with E-state index in [9.17, 15) is 18.9 Å². The second-order valence-electron chi connectivity index (χ2n) is 24.3. The fraction of sp³-hybridized carbons (Fsp3) is 0.174. The summed E-state index contributed by atoms with van der Waals surface area (Å²) in [6, 6.07) is 12.3. The van der Waals surface area contributed by atoms with Crippen molar-refractivity contribution >= 4 is 119 Å². The Hall–Kier alpha value is -19.9. The van der Waals surface area contributed by atoms with Gasteiger partial charge in [0.05, 0.1) is 50.4 Å². The largest absolute Gasteiger partial charge is 0.452 e. The van der Waals surface area contributed by atoms with Crippen LogP contribution in [0.4, 0.5) is 44.5 Å². The minimum atomic E-state index is -3.22. The topological polar surface area (TPSA) is 247 Å². The predicted molar refractivity (Wildman–Crippen MR) is 529 cm³/mol. The Morgan fingerprint density at radius 3 is 0.910 bits per heavy atom. The second kappa shape index (κ2) is 67.5. The van der Waals surface area contributed by atoms with Crippen molar-refractivity contribution < 1.29 is 23.6 Å². The number of ether oxygens (including phenoxy) is 2. The van der Waals surface area contributed by atoms with Gasteiger partial charge in [0.1, 0.15) is 22.7 Å². The number of terminal acetylenes is 1. The summed E-state index contributed by atoms with van der Waals surface area (Å²) < 4.78 is 18.9. The lowest BCUT2D eigenvalue weighted by Gasteiger charge is -2.29. The molecule has 25 heteroatoms. The van der Waals surface area contributed by atoms with E-state index in [1.165, 1.54) is 24.0 Å². The van der Waals surface area contributed by atoms with Crippen LogP contribution in [0.3, 0.4) is 0 Å². The van der Waals surface area contributed by atoms with Gasteiger partial charge in [-0.25, -0.2) is 44.5 Å². The molecule has 6 heterocycles. The van der Waals surface area contributed by atoms with Gasteiger partial charge in [-0.1, -0.05) is 17.5 Å². The van der Waals surface area contributed by atoms with Gasteiger partial charge in [-0.2, -0.15) is 0 Å². The Morgan fingerprint density at radius 1 is 0.396 bits per heavy atom. The first kappa shape index (κ1) is 105. The Labute approximate surface area is 800 Å². The summed E-state index contributed by atoms with van der Waals surface area (Å²) in [5.74, 6) is 161. The maximum absolute atomic E-state index is 12.0. The van der Waals surface area contributed by atoms with E-state index in [1.54, 1.807) is 58.2 Å². The molecule has 6 aromatic rings. The van der Waals surface area contributed by atoms with Crippen molar-refractivity contribution in [3.63, 3.8) is 0 Å². The summed E-state index contributed by atoms with van der Waals surface area (Å²) >= 11 is 20.0. The fourth-order valence-corrected chi connectivity index (χ4v) is 9.95. The summed E-state index contributed by atoms with van der Waals surface area (Å²) in [5, 5.41) is 12.6. The minimum Gasteiger partial charge on any atom is -0.452 e. The average Bonchev–Trinajstić information content (AvgIpc) is 0.811. The molecule has 2 fully saturated rings. The lowest BCUT2D eigenvalue weighted by Crippen LogP contribution is -2.29.